The Labute approximate surface area is 102 Å². The number of carbonyl (C=O) groups is 1. The van der Waals surface area contributed by atoms with Crippen LogP contribution in [0.1, 0.15) is 16.1 Å². The number of methoxy groups -OCH3 is 1. The highest BCUT2D eigenvalue weighted by Crippen LogP contribution is 2.16. The zero-order valence-corrected chi connectivity index (χ0v) is 10.3. The summed E-state index contributed by atoms with van der Waals surface area (Å²) in [7, 11) is 1.35. The average molecular weight is 280 g/mol. The van der Waals surface area contributed by atoms with E-state index < -0.39 is 5.97 Å². The Morgan fingerprint density at radius 3 is 2.88 bits per heavy atom. The van der Waals surface area contributed by atoms with E-state index in [0.717, 1.165) is 16.2 Å². The van der Waals surface area contributed by atoms with Crippen LogP contribution < -0.4 is 0 Å². The highest BCUT2D eigenvalue weighted by Gasteiger charge is 2.07. The summed E-state index contributed by atoms with van der Waals surface area (Å²) in [5.74, 6) is -0.411. The molecule has 0 aliphatic rings. The van der Waals surface area contributed by atoms with E-state index in [9.17, 15) is 4.79 Å². The van der Waals surface area contributed by atoms with Gasteiger partial charge in [0.05, 0.1) is 12.6 Å². The first-order valence-corrected chi connectivity index (χ1v) is 5.90. The Morgan fingerprint density at radius 2 is 2.19 bits per heavy atom. The summed E-state index contributed by atoms with van der Waals surface area (Å²) in [6, 6.07) is 9.47. The minimum atomic E-state index is -0.411. The molecule has 0 fully saturated rings. The molecule has 0 atom stereocenters. The maximum atomic E-state index is 11.3. The van der Waals surface area contributed by atoms with Gasteiger partial charge in [0.2, 0.25) is 0 Å². The van der Waals surface area contributed by atoms with E-state index in [1.165, 1.54) is 12.7 Å². The van der Waals surface area contributed by atoms with Gasteiger partial charge in [0.1, 0.15) is 5.69 Å². The fraction of sp³-hybridized carbons (Fsp3) is 0.167. The minimum absolute atomic E-state index is 0.335. The van der Waals surface area contributed by atoms with Gasteiger partial charge in [-0.05, 0) is 23.8 Å². The molecule has 0 aliphatic carbocycles. The van der Waals surface area contributed by atoms with Gasteiger partial charge in [-0.3, -0.25) is 0 Å². The van der Waals surface area contributed by atoms with Gasteiger partial charge in [0.25, 0.3) is 0 Å². The lowest BCUT2D eigenvalue weighted by Gasteiger charge is -2.02. The zero-order chi connectivity index (χ0) is 11.5. The Morgan fingerprint density at radius 1 is 1.38 bits per heavy atom. The van der Waals surface area contributed by atoms with E-state index in [1.54, 1.807) is 6.07 Å². The fourth-order valence-corrected chi connectivity index (χ4v) is 1.83. The second-order valence-electron chi connectivity index (χ2n) is 3.35. The number of nitrogens with zero attached hydrogens (tertiary/aromatic N) is 1. The van der Waals surface area contributed by atoms with Crippen molar-refractivity contribution in [2.45, 2.75) is 5.33 Å². The van der Waals surface area contributed by atoms with Gasteiger partial charge in [-0.15, -0.1) is 0 Å². The summed E-state index contributed by atoms with van der Waals surface area (Å²) in [5.41, 5.74) is 2.31. The van der Waals surface area contributed by atoms with Crippen LogP contribution in [0.25, 0.3) is 10.9 Å². The van der Waals surface area contributed by atoms with Gasteiger partial charge in [0.15, 0.2) is 0 Å². The highest BCUT2D eigenvalue weighted by atomic mass is 79.9. The molecule has 0 N–H and O–H groups in total. The molecule has 0 unspecified atom stereocenters. The van der Waals surface area contributed by atoms with Crippen molar-refractivity contribution in [1.29, 1.82) is 0 Å². The Kier molecular flexibility index (Phi) is 3.19. The smallest absolute Gasteiger partial charge is 0.356 e. The molecule has 16 heavy (non-hydrogen) atoms. The number of benzene rings is 1. The first-order valence-electron chi connectivity index (χ1n) is 4.78. The number of fused-ring (bicyclic) bond motifs is 1. The molecule has 3 nitrogen and oxygen atoms in total. The van der Waals surface area contributed by atoms with Crippen molar-refractivity contribution in [2.24, 2.45) is 0 Å². The molecule has 4 heteroatoms. The summed E-state index contributed by atoms with van der Waals surface area (Å²) in [6.07, 6.45) is 0. The lowest BCUT2D eigenvalue weighted by atomic mass is 10.1. The fourth-order valence-electron chi connectivity index (χ4n) is 1.48. The molecule has 1 aromatic heterocycles. The van der Waals surface area contributed by atoms with Crippen LogP contribution >= 0.6 is 15.9 Å². The van der Waals surface area contributed by atoms with Crippen LogP contribution in [0.4, 0.5) is 0 Å². The quantitative estimate of drug-likeness (QED) is 0.627. The monoisotopic (exact) mass is 279 g/mol. The van der Waals surface area contributed by atoms with Gasteiger partial charge in [-0.1, -0.05) is 28.1 Å². The third kappa shape index (κ3) is 2.07. The van der Waals surface area contributed by atoms with Gasteiger partial charge >= 0.3 is 5.97 Å². The van der Waals surface area contributed by atoms with Crippen LogP contribution in [-0.4, -0.2) is 18.1 Å². The molecule has 1 aromatic carbocycles. The molecule has 2 rings (SSSR count). The number of carbonyl (C=O) groups excluding carboxylic acids is 1. The van der Waals surface area contributed by atoms with Crippen LogP contribution in [-0.2, 0) is 10.1 Å². The number of hydrogen-bond acceptors (Lipinski definition) is 3. The lowest BCUT2D eigenvalue weighted by Crippen LogP contribution is -2.03. The van der Waals surface area contributed by atoms with Crippen molar-refractivity contribution < 1.29 is 9.53 Å². The predicted molar refractivity (Wildman–Crippen MR) is 65.7 cm³/mol. The van der Waals surface area contributed by atoms with E-state index in [4.69, 9.17) is 0 Å². The van der Waals surface area contributed by atoms with Crippen LogP contribution in [0.15, 0.2) is 30.3 Å². The third-order valence-electron chi connectivity index (χ3n) is 2.30. The number of pyridine rings is 1. The number of halogens is 1. The first-order chi connectivity index (χ1) is 7.74. The van der Waals surface area contributed by atoms with Gasteiger partial charge < -0.3 is 4.74 Å². The molecule has 0 aliphatic heterocycles. The molecule has 1 heterocycles. The Balaban J connectivity index is 2.51. The van der Waals surface area contributed by atoms with Crippen molar-refractivity contribution >= 4 is 32.8 Å². The van der Waals surface area contributed by atoms with Gasteiger partial charge in [-0.2, -0.15) is 0 Å². The van der Waals surface area contributed by atoms with Crippen LogP contribution in [0, 0.1) is 0 Å². The SMILES string of the molecule is COC(=O)c1ccc2cc(CBr)ccc2n1. The third-order valence-corrected chi connectivity index (χ3v) is 2.95. The summed E-state index contributed by atoms with van der Waals surface area (Å²) in [5, 5.41) is 1.83. The second-order valence-corrected chi connectivity index (χ2v) is 3.91. The summed E-state index contributed by atoms with van der Waals surface area (Å²) in [4.78, 5) is 15.5. The van der Waals surface area contributed by atoms with E-state index in [0.29, 0.717) is 5.69 Å². The largest absolute Gasteiger partial charge is 0.464 e. The molecular weight excluding hydrogens is 270 g/mol. The van der Waals surface area contributed by atoms with Crippen molar-refractivity contribution in [3.8, 4) is 0 Å². The molecular formula is C12H10BrNO2. The van der Waals surface area contributed by atoms with Crippen molar-refractivity contribution in [2.75, 3.05) is 7.11 Å². The highest BCUT2D eigenvalue weighted by molar-refractivity contribution is 9.08. The number of aromatic nitrogens is 1. The summed E-state index contributed by atoms with van der Waals surface area (Å²) in [6.45, 7) is 0. The molecule has 2 aromatic rings. The minimum Gasteiger partial charge on any atom is -0.464 e. The van der Waals surface area contributed by atoms with Crippen molar-refractivity contribution in [1.82, 2.24) is 4.98 Å². The summed E-state index contributed by atoms with van der Waals surface area (Å²) >= 11 is 3.40. The Bertz CT molecular complexity index is 540. The molecule has 0 spiro atoms. The number of ether oxygens (including phenoxy) is 1. The van der Waals surface area contributed by atoms with Gasteiger partial charge in [0, 0.05) is 10.7 Å². The topological polar surface area (TPSA) is 39.2 Å². The van der Waals surface area contributed by atoms with Crippen LogP contribution in [0.3, 0.4) is 0 Å². The average Bonchev–Trinajstić information content (AvgIpc) is 2.36. The number of rotatable bonds is 2. The first kappa shape index (κ1) is 11.1. The summed E-state index contributed by atoms with van der Waals surface area (Å²) < 4.78 is 4.62. The molecule has 82 valence electrons. The number of alkyl halides is 1. The van der Waals surface area contributed by atoms with Crippen molar-refractivity contribution in [3.05, 3.63) is 41.6 Å². The molecule has 0 amide bonds. The van der Waals surface area contributed by atoms with E-state index in [1.807, 2.05) is 24.3 Å². The standard InChI is InChI=1S/C12H10BrNO2/c1-16-12(15)11-5-3-9-6-8(7-13)2-4-10(9)14-11/h2-6H,7H2,1H3. The predicted octanol–water partition coefficient (Wildman–Crippen LogP) is 2.92. The van der Waals surface area contributed by atoms with Crippen LogP contribution in [0.2, 0.25) is 0 Å². The molecule has 0 radical (unpaired) electrons. The molecule has 0 saturated heterocycles. The van der Waals surface area contributed by atoms with Crippen molar-refractivity contribution in [3.63, 3.8) is 0 Å². The maximum absolute atomic E-state index is 11.3. The number of esters is 1. The maximum Gasteiger partial charge on any atom is 0.356 e. The zero-order valence-electron chi connectivity index (χ0n) is 8.74. The van der Waals surface area contributed by atoms with Crippen LogP contribution in [0.5, 0.6) is 0 Å². The normalized spacial score (nSPS) is 10.4. The lowest BCUT2D eigenvalue weighted by molar-refractivity contribution is 0.0594. The molecule has 0 saturated carbocycles. The second kappa shape index (κ2) is 4.61. The van der Waals surface area contributed by atoms with Gasteiger partial charge in [-0.25, -0.2) is 9.78 Å². The molecule has 0 bridgehead atoms. The van der Waals surface area contributed by atoms with E-state index in [2.05, 4.69) is 25.7 Å². The van der Waals surface area contributed by atoms with E-state index in [-0.39, 0.29) is 0 Å². The number of hydrogen-bond donors (Lipinski definition) is 0. The Hall–Kier alpha value is -1.42. The van der Waals surface area contributed by atoms with E-state index >= 15 is 0 Å².